The molecule has 0 saturated heterocycles. The maximum atomic E-state index is 13.8. The summed E-state index contributed by atoms with van der Waals surface area (Å²) in [6.45, 7) is 1.81. The molecule has 102 valence electrons. The van der Waals surface area contributed by atoms with E-state index in [-0.39, 0.29) is 16.5 Å². The standard InChI is InChI=1S/C13H10BrClF2OS/c1-6-5-19-13(11(6)15)10(18)4-7-9(16)3-2-8(14)12(7)17/h2-3,5,10,18H,4H2,1H3. The molecule has 0 radical (unpaired) electrons. The van der Waals surface area contributed by atoms with Gasteiger partial charge < -0.3 is 5.11 Å². The summed E-state index contributed by atoms with van der Waals surface area (Å²) in [5.74, 6) is -1.37. The van der Waals surface area contributed by atoms with Crippen LogP contribution in [0.25, 0.3) is 0 Å². The lowest BCUT2D eigenvalue weighted by molar-refractivity contribution is 0.179. The Kier molecular flexibility index (Phi) is 4.61. The third-order valence-corrected chi connectivity index (χ3v) is 5.19. The minimum absolute atomic E-state index is 0.149. The monoisotopic (exact) mass is 366 g/mol. The van der Waals surface area contributed by atoms with Crippen molar-refractivity contribution in [1.29, 1.82) is 0 Å². The summed E-state index contributed by atoms with van der Waals surface area (Å²) in [6.07, 6.45) is -1.18. The topological polar surface area (TPSA) is 20.2 Å². The quantitative estimate of drug-likeness (QED) is 0.755. The molecular formula is C13H10BrClF2OS. The predicted molar refractivity (Wildman–Crippen MR) is 76.8 cm³/mol. The molecule has 0 fully saturated rings. The van der Waals surface area contributed by atoms with Crippen LogP contribution in [0.4, 0.5) is 8.78 Å². The third kappa shape index (κ3) is 2.99. The zero-order chi connectivity index (χ0) is 14.2. The number of benzene rings is 1. The minimum atomic E-state index is -1.02. The van der Waals surface area contributed by atoms with Gasteiger partial charge in [-0.15, -0.1) is 11.3 Å². The predicted octanol–water partition coefficient (Wildman–Crippen LogP) is 5.03. The van der Waals surface area contributed by atoms with Crippen molar-refractivity contribution in [1.82, 2.24) is 0 Å². The van der Waals surface area contributed by atoms with Crippen molar-refractivity contribution in [2.45, 2.75) is 19.4 Å². The molecule has 1 N–H and O–H groups in total. The molecule has 0 spiro atoms. The number of hydrogen-bond acceptors (Lipinski definition) is 2. The van der Waals surface area contributed by atoms with Gasteiger partial charge in [0.1, 0.15) is 11.6 Å². The summed E-state index contributed by atoms with van der Waals surface area (Å²) < 4.78 is 27.6. The van der Waals surface area contributed by atoms with Crippen LogP contribution in [0.5, 0.6) is 0 Å². The molecule has 0 bridgehead atoms. The number of halogens is 4. The van der Waals surface area contributed by atoms with Crippen molar-refractivity contribution in [3.8, 4) is 0 Å². The Labute approximate surface area is 127 Å². The molecule has 2 rings (SSSR count). The molecular weight excluding hydrogens is 358 g/mol. The average Bonchev–Trinajstić information content (AvgIpc) is 2.70. The molecule has 1 heterocycles. The highest BCUT2D eigenvalue weighted by Gasteiger charge is 2.21. The van der Waals surface area contributed by atoms with Gasteiger partial charge >= 0.3 is 0 Å². The largest absolute Gasteiger partial charge is 0.387 e. The SMILES string of the molecule is Cc1csc(C(O)Cc2c(F)ccc(Br)c2F)c1Cl. The van der Waals surface area contributed by atoms with Crippen molar-refractivity contribution < 1.29 is 13.9 Å². The van der Waals surface area contributed by atoms with Gasteiger partial charge in [0.15, 0.2) is 0 Å². The fourth-order valence-electron chi connectivity index (χ4n) is 1.72. The molecule has 0 amide bonds. The lowest BCUT2D eigenvalue weighted by Crippen LogP contribution is -2.05. The Hall–Kier alpha value is -0.490. The lowest BCUT2D eigenvalue weighted by Gasteiger charge is -2.12. The van der Waals surface area contributed by atoms with Crippen molar-refractivity contribution in [2.75, 3.05) is 0 Å². The van der Waals surface area contributed by atoms with Crippen LogP contribution in [0.2, 0.25) is 5.02 Å². The first-order chi connectivity index (χ1) is 8.91. The molecule has 0 aliphatic rings. The third-order valence-electron chi connectivity index (χ3n) is 2.76. The summed E-state index contributed by atoms with van der Waals surface area (Å²) in [6, 6.07) is 2.46. The van der Waals surface area contributed by atoms with E-state index >= 15 is 0 Å². The highest BCUT2D eigenvalue weighted by atomic mass is 79.9. The Bertz CT molecular complexity index is 615. The van der Waals surface area contributed by atoms with Crippen LogP contribution < -0.4 is 0 Å². The summed E-state index contributed by atoms with van der Waals surface area (Å²) in [5, 5.41) is 12.3. The molecule has 0 aliphatic heterocycles. The van der Waals surface area contributed by atoms with Crippen LogP contribution in [0.3, 0.4) is 0 Å². The number of aliphatic hydroxyl groups is 1. The van der Waals surface area contributed by atoms with E-state index in [2.05, 4.69) is 15.9 Å². The first-order valence-corrected chi connectivity index (χ1v) is 7.50. The number of aryl methyl sites for hydroxylation is 1. The van der Waals surface area contributed by atoms with Gasteiger partial charge in [0, 0.05) is 12.0 Å². The van der Waals surface area contributed by atoms with Gasteiger partial charge in [0.2, 0.25) is 0 Å². The van der Waals surface area contributed by atoms with E-state index in [1.807, 2.05) is 6.92 Å². The van der Waals surface area contributed by atoms with Gasteiger partial charge in [-0.2, -0.15) is 0 Å². The van der Waals surface area contributed by atoms with E-state index in [4.69, 9.17) is 11.6 Å². The van der Waals surface area contributed by atoms with E-state index < -0.39 is 17.7 Å². The molecule has 2 aromatic rings. The van der Waals surface area contributed by atoms with E-state index in [0.717, 1.165) is 11.6 Å². The van der Waals surface area contributed by atoms with Gasteiger partial charge in [-0.25, -0.2) is 8.78 Å². The molecule has 0 saturated carbocycles. The minimum Gasteiger partial charge on any atom is -0.387 e. The first kappa shape index (κ1) is 14.9. The summed E-state index contributed by atoms with van der Waals surface area (Å²) in [5.41, 5.74) is 0.694. The van der Waals surface area contributed by atoms with Crippen molar-refractivity contribution >= 4 is 38.9 Å². The van der Waals surface area contributed by atoms with E-state index in [0.29, 0.717) is 9.90 Å². The Balaban J connectivity index is 2.32. The zero-order valence-electron chi connectivity index (χ0n) is 9.88. The normalized spacial score (nSPS) is 12.7. The number of rotatable bonds is 3. The van der Waals surface area contributed by atoms with Crippen molar-refractivity contribution in [3.63, 3.8) is 0 Å². The molecule has 0 aliphatic carbocycles. The summed E-state index contributed by atoms with van der Waals surface area (Å²) in [7, 11) is 0. The molecule has 1 aromatic heterocycles. The number of hydrogen-bond donors (Lipinski definition) is 1. The van der Waals surface area contributed by atoms with Crippen LogP contribution in [0.15, 0.2) is 22.0 Å². The van der Waals surface area contributed by atoms with Gasteiger partial charge in [0.25, 0.3) is 0 Å². The average molecular weight is 368 g/mol. The van der Waals surface area contributed by atoms with Crippen LogP contribution in [0.1, 0.15) is 22.1 Å². The van der Waals surface area contributed by atoms with Crippen molar-refractivity contribution in [2.24, 2.45) is 0 Å². The maximum Gasteiger partial charge on any atom is 0.143 e. The second-order valence-corrected chi connectivity index (χ2v) is 6.28. The molecule has 1 atom stereocenters. The summed E-state index contributed by atoms with van der Waals surface area (Å²) in [4.78, 5) is 0.526. The van der Waals surface area contributed by atoms with Gasteiger partial charge in [-0.05, 0) is 45.9 Å². The highest BCUT2D eigenvalue weighted by molar-refractivity contribution is 9.10. The molecule has 1 unspecified atom stereocenters. The van der Waals surface area contributed by atoms with E-state index in [1.165, 1.54) is 17.4 Å². The summed E-state index contributed by atoms with van der Waals surface area (Å²) >= 11 is 10.3. The molecule has 1 nitrogen and oxygen atoms in total. The zero-order valence-corrected chi connectivity index (χ0v) is 13.0. The maximum absolute atomic E-state index is 13.8. The number of thiophene rings is 1. The first-order valence-electron chi connectivity index (χ1n) is 5.45. The molecule has 6 heteroatoms. The van der Waals surface area contributed by atoms with Gasteiger partial charge in [-0.3, -0.25) is 0 Å². The second kappa shape index (κ2) is 5.87. The van der Waals surface area contributed by atoms with Crippen LogP contribution >= 0.6 is 38.9 Å². The van der Waals surface area contributed by atoms with Crippen molar-refractivity contribution in [3.05, 3.63) is 54.6 Å². The fourth-order valence-corrected chi connectivity index (χ4v) is 3.39. The van der Waals surface area contributed by atoms with Gasteiger partial charge in [0.05, 0.1) is 20.5 Å². The van der Waals surface area contributed by atoms with E-state index in [1.54, 1.807) is 5.38 Å². The lowest BCUT2D eigenvalue weighted by atomic mass is 10.1. The molecule has 19 heavy (non-hydrogen) atoms. The Morgan fingerprint density at radius 3 is 2.68 bits per heavy atom. The highest BCUT2D eigenvalue weighted by Crippen LogP contribution is 2.35. The Morgan fingerprint density at radius 2 is 2.11 bits per heavy atom. The molecule has 1 aromatic carbocycles. The second-order valence-electron chi connectivity index (χ2n) is 4.14. The van der Waals surface area contributed by atoms with E-state index in [9.17, 15) is 13.9 Å². The number of aliphatic hydroxyl groups excluding tert-OH is 1. The Morgan fingerprint density at radius 1 is 1.42 bits per heavy atom. The van der Waals surface area contributed by atoms with Crippen LogP contribution in [0, 0.1) is 18.6 Å². The van der Waals surface area contributed by atoms with Crippen LogP contribution in [-0.2, 0) is 6.42 Å². The van der Waals surface area contributed by atoms with Gasteiger partial charge in [-0.1, -0.05) is 11.6 Å². The smallest absolute Gasteiger partial charge is 0.143 e. The van der Waals surface area contributed by atoms with Crippen LogP contribution in [-0.4, -0.2) is 5.11 Å². The fraction of sp³-hybridized carbons (Fsp3) is 0.231.